The Bertz CT molecular complexity index is 569. The maximum absolute atomic E-state index is 6.48. The molecule has 0 aliphatic rings. The molecule has 0 bridgehead atoms. The SMILES string of the molecule is CCNC(C)c1ccc(N(CC)c2ccccc2)cc1Cl. The Kier molecular flexibility index (Phi) is 5.66. The number of anilines is 2. The molecule has 0 aliphatic heterocycles. The van der Waals surface area contributed by atoms with E-state index in [1.807, 2.05) is 6.07 Å². The molecule has 2 rings (SSSR count). The summed E-state index contributed by atoms with van der Waals surface area (Å²) in [6.45, 7) is 8.23. The molecular weight excluding hydrogens is 280 g/mol. The summed E-state index contributed by atoms with van der Waals surface area (Å²) in [5, 5.41) is 4.21. The zero-order valence-corrected chi connectivity index (χ0v) is 13.7. The minimum atomic E-state index is 0.267. The Balaban J connectivity index is 2.30. The van der Waals surface area contributed by atoms with Gasteiger partial charge in [-0.3, -0.25) is 0 Å². The first-order valence-corrected chi connectivity index (χ1v) is 7.90. The van der Waals surface area contributed by atoms with Gasteiger partial charge in [0.25, 0.3) is 0 Å². The van der Waals surface area contributed by atoms with E-state index in [0.717, 1.165) is 29.4 Å². The highest BCUT2D eigenvalue weighted by molar-refractivity contribution is 6.31. The molecule has 0 spiro atoms. The van der Waals surface area contributed by atoms with E-state index in [1.165, 1.54) is 5.69 Å². The van der Waals surface area contributed by atoms with Crippen molar-refractivity contribution in [3.63, 3.8) is 0 Å². The fraction of sp³-hybridized carbons (Fsp3) is 0.333. The highest BCUT2D eigenvalue weighted by atomic mass is 35.5. The third kappa shape index (κ3) is 3.78. The third-order valence-corrected chi connectivity index (χ3v) is 3.98. The second-order valence-electron chi connectivity index (χ2n) is 5.06. The number of hydrogen-bond donors (Lipinski definition) is 1. The van der Waals surface area contributed by atoms with Gasteiger partial charge in [-0.1, -0.05) is 42.8 Å². The molecule has 0 fully saturated rings. The monoisotopic (exact) mass is 302 g/mol. The molecule has 2 aromatic carbocycles. The zero-order chi connectivity index (χ0) is 15.2. The second kappa shape index (κ2) is 7.48. The fourth-order valence-electron chi connectivity index (χ4n) is 2.57. The summed E-state index contributed by atoms with van der Waals surface area (Å²) in [4.78, 5) is 2.26. The van der Waals surface area contributed by atoms with Gasteiger partial charge in [-0.05, 0) is 50.2 Å². The standard InChI is InChI=1S/C18H23ClN2/c1-4-20-14(3)17-12-11-16(13-18(17)19)21(5-2)15-9-7-6-8-10-15/h6-14,20H,4-5H2,1-3H3. The molecule has 21 heavy (non-hydrogen) atoms. The molecule has 1 atom stereocenters. The van der Waals surface area contributed by atoms with E-state index in [2.05, 4.69) is 73.5 Å². The Morgan fingerprint density at radius 1 is 1.05 bits per heavy atom. The second-order valence-corrected chi connectivity index (χ2v) is 5.47. The largest absolute Gasteiger partial charge is 0.342 e. The minimum Gasteiger partial charge on any atom is -0.342 e. The highest BCUT2D eigenvalue weighted by Gasteiger charge is 2.12. The topological polar surface area (TPSA) is 15.3 Å². The summed E-state index contributed by atoms with van der Waals surface area (Å²) in [7, 11) is 0. The Morgan fingerprint density at radius 2 is 1.76 bits per heavy atom. The normalized spacial score (nSPS) is 12.2. The fourth-order valence-corrected chi connectivity index (χ4v) is 2.91. The molecule has 2 aromatic rings. The van der Waals surface area contributed by atoms with Gasteiger partial charge in [0, 0.05) is 29.0 Å². The average molecular weight is 303 g/mol. The molecular formula is C18H23ClN2. The van der Waals surface area contributed by atoms with Crippen molar-refractivity contribution in [3.05, 3.63) is 59.1 Å². The third-order valence-electron chi connectivity index (χ3n) is 3.66. The van der Waals surface area contributed by atoms with E-state index in [0.29, 0.717) is 0 Å². The van der Waals surface area contributed by atoms with Crippen LogP contribution in [0, 0.1) is 0 Å². The van der Waals surface area contributed by atoms with Crippen LogP contribution < -0.4 is 10.2 Å². The summed E-state index contributed by atoms with van der Waals surface area (Å²) in [5.41, 5.74) is 3.45. The Hall–Kier alpha value is -1.51. The van der Waals surface area contributed by atoms with Gasteiger partial charge in [0.1, 0.15) is 0 Å². The number of nitrogens with zero attached hydrogens (tertiary/aromatic N) is 1. The molecule has 3 heteroatoms. The first-order chi connectivity index (χ1) is 10.2. The van der Waals surface area contributed by atoms with Crippen LogP contribution in [-0.2, 0) is 0 Å². The predicted octanol–water partition coefficient (Wildman–Crippen LogP) is 5.17. The van der Waals surface area contributed by atoms with Crippen molar-refractivity contribution in [1.29, 1.82) is 0 Å². The molecule has 112 valence electrons. The first-order valence-electron chi connectivity index (χ1n) is 7.52. The molecule has 0 aliphatic carbocycles. The van der Waals surface area contributed by atoms with E-state index in [-0.39, 0.29) is 6.04 Å². The van der Waals surface area contributed by atoms with Crippen LogP contribution in [0.25, 0.3) is 0 Å². The van der Waals surface area contributed by atoms with E-state index in [9.17, 15) is 0 Å². The smallest absolute Gasteiger partial charge is 0.0474 e. The summed E-state index contributed by atoms with van der Waals surface area (Å²) < 4.78 is 0. The lowest BCUT2D eigenvalue weighted by Crippen LogP contribution is -2.19. The maximum Gasteiger partial charge on any atom is 0.0474 e. The van der Waals surface area contributed by atoms with Crippen molar-refractivity contribution in [3.8, 4) is 0 Å². The molecule has 1 N–H and O–H groups in total. The number of para-hydroxylation sites is 1. The van der Waals surface area contributed by atoms with Crippen LogP contribution in [-0.4, -0.2) is 13.1 Å². The molecule has 0 saturated heterocycles. The Labute approximate surface area is 132 Å². The number of halogens is 1. The van der Waals surface area contributed by atoms with Crippen molar-refractivity contribution < 1.29 is 0 Å². The van der Waals surface area contributed by atoms with Crippen LogP contribution in [0.1, 0.15) is 32.4 Å². The highest BCUT2D eigenvalue weighted by Crippen LogP contribution is 2.31. The molecule has 0 amide bonds. The molecule has 0 radical (unpaired) electrons. The van der Waals surface area contributed by atoms with E-state index >= 15 is 0 Å². The van der Waals surface area contributed by atoms with Crippen molar-refractivity contribution >= 4 is 23.0 Å². The van der Waals surface area contributed by atoms with Crippen LogP contribution in [0.2, 0.25) is 5.02 Å². The predicted molar refractivity (Wildman–Crippen MR) is 92.7 cm³/mol. The lowest BCUT2D eigenvalue weighted by Gasteiger charge is -2.24. The molecule has 2 nitrogen and oxygen atoms in total. The molecule has 0 heterocycles. The van der Waals surface area contributed by atoms with Gasteiger partial charge in [-0.15, -0.1) is 0 Å². The average Bonchev–Trinajstić information content (AvgIpc) is 2.49. The van der Waals surface area contributed by atoms with Crippen LogP contribution in [0.15, 0.2) is 48.5 Å². The van der Waals surface area contributed by atoms with Gasteiger partial charge < -0.3 is 10.2 Å². The summed E-state index contributed by atoms with van der Waals surface area (Å²) in [6.07, 6.45) is 0. The van der Waals surface area contributed by atoms with Gasteiger partial charge in [-0.25, -0.2) is 0 Å². The maximum atomic E-state index is 6.48. The summed E-state index contributed by atoms with van der Waals surface area (Å²) in [5.74, 6) is 0. The van der Waals surface area contributed by atoms with Gasteiger partial charge in [0.05, 0.1) is 0 Å². The van der Waals surface area contributed by atoms with Crippen molar-refractivity contribution in [2.24, 2.45) is 0 Å². The Morgan fingerprint density at radius 3 is 2.33 bits per heavy atom. The number of benzene rings is 2. The van der Waals surface area contributed by atoms with Crippen LogP contribution in [0.3, 0.4) is 0 Å². The molecule has 0 aromatic heterocycles. The summed E-state index contributed by atoms with van der Waals surface area (Å²) in [6, 6.07) is 17.0. The zero-order valence-electron chi connectivity index (χ0n) is 12.9. The van der Waals surface area contributed by atoms with Gasteiger partial charge in [0.15, 0.2) is 0 Å². The van der Waals surface area contributed by atoms with Crippen molar-refractivity contribution in [2.45, 2.75) is 26.8 Å². The van der Waals surface area contributed by atoms with Crippen LogP contribution in [0.4, 0.5) is 11.4 Å². The van der Waals surface area contributed by atoms with E-state index in [1.54, 1.807) is 0 Å². The van der Waals surface area contributed by atoms with Gasteiger partial charge in [-0.2, -0.15) is 0 Å². The van der Waals surface area contributed by atoms with Crippen molar-refractivity contribution in [1.82, 2.24) is 5.32 Å². The minimum absolute atomic E-state index is 0.267. The van der Waals surface area contributed by atoms with Crippen molar-refractivity contribution in [2.75, 3.05) is 18.0 Å². The number of nitrogens with one attached hydrogen (secondary N) is 1. The number of hydrogen-bond acceptors (Lipinski definition) is 2. The molecule has 1 unspecified atom stereocenters. The lowest BCUT2D eigenvalue weighted by atomic mass is 10.1. The quantitative estimate of drug-likeness (QED) is 0.792. The van der Waals surface area contributed by atoms with Gasteiger partial charge in [0.2, 0.25) is 0 Å². The first kappa shape index (κ1) is 15.9. The summed E-state index contributed by atoms with van der Waals surface area (Å²) >= 11 is 6.48. The van der Waals surface area contributed by atoms with Gasteiger partial charge >= 0.3 is 0 Å². The van der Waals surface area contributed by atoms with Crippen LogP contribution in [0.5, 0.6) is 0 Å². The lowest BCUT2D eigenvalue weighted by molar-refractivity contribution is 0.598. The molecule has 0 saturated carbocycles. The van der Waals surface area contributed by atoms with E-state index in [4.69, 9.17) is 11.6 Å². The van der Waals surface area contributed by atoms with E-state index < -0.39 is 0 Å². The van der Waals surface area contributed by atoms with Crippen LogP contribution >= 0.6 is 11.6 Å². The number of rotatable bonds is 6.